The number of aromatic hydroxyl groups is 1. The van der Waals surface area contributed by atoms with Gasteiger partial charge in [0, 0.05) is 11.8 Å². The molecule has 33 heavy (non-hydrogen) atoms. The summed E-state index contributed by atoms with van der Waals surface area (Å²) in [4.78, 5) is 3.49. The van der Waals surface area contributed by atoms with E-state index < -0.39 is 59.9 Å². The molecular weight excluding hydrogens is 536 g/mol. The van der Waals surface area contributed by atoms with Crippen LogP contribution in [0, 0.1) is 29.1 Å². The number of phenolic OH excluding ortho intramolecular Hbond substituents is 1. The number of rotatable bonds is 4. The van der Waals surface area contributed by atoms with Crippen LogP contribution in [-0.4, -0.2) is 19.4 Å². The van der Waals surface area contributed by atoms with E-state index in [1.807, 2.05) is 56.0 Å². The SMILES string of the molecule is C[Si](C)(C)c1cc(-c2ccccc2)cc(C=Nc2c(F)c(F)c(F)c(F)c2F)c1O.[Cl][Ti][Cl]. The first-order chi connectivity index (χ1) is 15.4. The Balaban J connectivity index is 0.00000122. The van der Waals surface area contributed by atoms with Crippen LogP contribution in [0.5, 0.6) is 5.75 Å². The molecule has 2 nitrogen and oxygen atoms in total. The fraction of sp³-hybridized carbons (Fsp3) is 0.136. The number of hydrogen-bond donors (Lipinski definition) is 1. The maximum absolute atomic E-state index is 13.9. The second-order valence-corrected chi connectivity index (χ2v) is 15.4. The molecule has 0 aliphatic carbocycles. The third kappa shape index (κ3) is 6.45. The van der Waals surface area contributed by atoms with Gasteiger partial charge in [0.05, 0.1) is 8.07 Å². The van der Waals surface area contributed by atoms with Crippen LogP contribution in [0.15, 0.2) is 47.5 Å². The van der Waals surface area contributed by atoms with E-state index in [1.165, 1.54) is 0 Å². The average Bonchev–Trinajstić information content (AvgIpc) is 2.77. The molecule has 0 aromatic heterocycles. The van der Waals surface area contributed by atoms with Crippen molar-refractivity contribution in [3.05, 3.63) is 77.1 Å². The Bertz CT molecular complexity index is 1140. The number of hydrogen-bond acceptors (Lipinski definition) is 2. The van der Waals surface area contributed by atoms with Gasteiger partial charge in [-0.15, -0.1) is 0 Å². The average molecular weight is 554 g/mol. The van der Waals surface area contributed by atoms with Crippen molar-refractivity contribution in [3.63, 3.8) is 0 Å². The molecule has 0 bridgehead atoms. The van der Waals surface area contributed by atoms with Crippen molar-refractivity contribution in [1.82, 2.24) is 0 Å². The molecule has 0 spiro atoms. The standard InChI is InChI=1S/C22H18F5NOSi.2ClH.Ti/c1-30(2,3)15-10-13(12-7-5-4-6-8-12)9-14(22(15)29)11-28-21-19(26)17(24)16(23)18(25)20(21)27;;;/h4-11,29H,1-3H3;2*1H;/q;;;+2/p-2. The Morgan fingerprint density at radius 3 is 1.79 bits per heavy atom. The quantitative estimate of drug-likeness (QED) is 0.118. The Hall–Kier alpha value is -1.71. The Morgan fingerprint density at radius 2 is 1.30 bits per heavy atom. The summed E-state index contributed by atoms with van der Waals surface area (Å²) in [5.74, 6) is -10.6. The molecule has 0 aliphatic rings. The molecule has 0 unspecified atom stereocenters. The van der Waals surface area contributed by atoms with Gasteiger partial charge < -0.3 is 5.11 Å². The molecule has 0 atom stereocenters. The van der Waals surface area contributed by atoms with Gasteiger partial charge in [-0.3, -0.25) is 0 Å². The topological polar surface area (TPSA) is 32.6 Å². The first-order valence-electron chi connectivity index (χ1n) is 9.38. The van der Waals surface area contributed by atoms with Gasteiger partial charge in [0.15, 0.2) is 23.3 Å². The third-order valence-corrected chi connectivity index (χ3v) is 6.57. The zero-order valence-electron chi connectivity index (χ0n) is 17.7. The molecule has 1 N–H and O–H groups in total. The van der Waals surface area contributed by atoms with Crippen molar-refractivity contribution in [1.29, 1.82) is 0 Å². The minimum atomic E-state index is -2.25. The van der Waals surface area contributed by atoms with Crippen LogP contribution in [0.1, 0.15) is 5.56 Å². The van der Waals surface area contributed by atoms with Gasteiger partial charge in [-0.2, -0.15) is 0 Å². The van der Waals surface area contributed by atoms with Crippen molar-refractivity contribution >= 4 is 43.8 Å². The van der Waals surface area contributed by atoms with Crippen molar-refractivity contribution in [2.45, 2.75) is 19.6 Å². The van der Waals surface area contributed by atoms with Gasteiger partial charge in [0.25, 0.3) is 0 Å². The van der Waals surface area contributed by atoms with Gasteiger partial charge in [-0.25, -0.2) is 26.9 Å². The number of benzene rings is 3. The molecule has 0 fully saturated rings. The zero-order valence-corrected chi connectivity index (χ0v) is 21.7. The molecule has 0 heterocycles. The van der Waals surface area contributed by atoms with E-state index in [1.54, 1.807) is 6.07 Å². The predicted octanol–water partition coefficient (Wildman–Crippen LogP) is 7.43. The first-order valence-corrected chi connectivity index (χ1v) is 17.2. The number of phenols is 1. The van der Waals surface area contributed by atoms with E-state index in [4.69, 9.17) is 18.6 Å². The summed E-state index contributed by atoms with van der Waals surface area (Å²) in [5.41, 5.74) is 0.357. The van der Waals surface area contributed by atoms with Crippen LogP contribution in [0.25, 0.3) is 11.1 Å². The fourth-order valence-electron chi connectivity index (χ4n) is 2.97. The summed E-state index contributed by atoms with van der Waals surface area (Å²) in [6.45, 7) is 6.01. The summed E-state index contributed by atoms with van der Waals surface area (Å²) < 4.78 is 68.0. The van der Waals surface area contributed by atoms with E-state index in [-0.39, 0.29) is 11.3 Å². The van der Waals surface area contributed by atoms with Crippen molar-refractivity contribution in [2.24, 2.45) is 4.99 Å². The van der Waals surface area contributed by atoms with E-state index in [0.29, 0.717) is 5.19 Å². The molecule has 3 aromatic rings. The van der Waals surface area contributed by atoms with Crippen LogP contribution < -0.4 is 5.19 Å². The van der Waals surface area contributed by atoms with Gasteiger partial charge in [0.1, 0.15) is 11.4 Å². The summed E-state index contributed by atoms with van der Waals surface area (Å²) in [6, 6.07) is 12.6. The molecular formula is C22H18Cl2F5NOSiTi. The minimum absolute atomic E-state index is 0.109. The summed E-state index contributed by atoms with van der Waals surface area (Å²) in [6.07, 6.45) is 0.906. The Morgan fingerprint density at radius 1 is 0.818 bits per heavy atom. The van der Waals surface area contributed by atoms with Crippen molar-refractivity contribution in [2.75, 3.05) is 0 Å². The molecule has 0 radical (unpaired) electrons. The van der Waals surface area contributed by atoms with E-state index in [2.05, 4.69) is 4.99 Å². The second-order valence-electron chi connectivity index (χ2n) is 7.83. The monoisotopic (exact) mass is 553 g/mol. The molecule has 0 saturated heterocycles. The molecule has 174 valence electrons. The van der Waals surface area contributed by atoms with Gasteiger partial charge in [0.2, 0.25) is 5.82 Å². The number of nitrogens with zero attached hydrogens (tertiary/aromatic N) is 1. The Labute approximate surface area is 205 Å². The second kappa shape index (κ2) is 11.6. The van der Waals surface area contributed by atoms with Crippen LogP contribution >= 0.6 is 18.6 Å². The molecule has 0 saturated carbocycles. The summed E-state index contributed by atoms with van der Waals surface area (Å²) in [7, 11) is 7.72. The summed E-state index contributed by atoms with van der Waals surface area (Å²) in [5, 5.41) is 11.4. The summed E-state index contributed by atoms with van der Waals surface area (Å²) >= 11 is -0.556. The third-order valence-electron chi connectivity index (χ3n) is 4.57. The number of aliphatic imine (C=N–C) groups is 1. The first kappa shape index (κ1) is 27.5. The zero-order chi connectivity index (χ0) is 24.9. The van der Waals surface area contributed by atoms with E-state index >= 15 is 0 Å². The van der Waals surface area contributed by atoms with Crippen LogP contribution in [0.3, 0.4) is 0 Å². The predicted molar refractivity (Wildman–Crippen MR) is 122 cm³/mol. The number of halogens is 7. The van der Waals surface area contributed by atoms with E-state index in [0.717, 1.165) is 17.3 Å². The van der Waals surface area contributed by atoms with Gasteiger partial charge in [-0.1, -0.05) is 56.0 Å². The molecule has 11 heteroatoms. The normalized spacial score (nSPS) is 11.3. The molecule has 3 rings (SSSR count). The molecule has 3 aromatic carbocycles. The van der Waals surface area contributed by atoms with Crippen LogP contribution in [0.4, 0.5) is 27.6 Å². The van der Waals surface area contributed by atoms with Crippen molar-refractivity contribution in [3.8, 4) is 16.9 Å². The molecule has 0 aliphatic heterocycles. The van der Waals surface area contributed by atoms with Crippen LogP contribution in [0.2, 0.25) is 19.6 Å². The van der Waals surface area contributed by atoms with Gasteiger partial charge >= 0.3 is 35.6 Å². The molecule has 0 amide bonds. The van der Waals surface area contributed by atoms with Gasteiger partial charge in [-0.05, 0) is 22.4 Å². The maximum atomic E-state index is 13.9. The van der Waals surface area contributed by atoms with Crippen molar-refractivity contribution < 1.29 is 44.1 Å². The Kier molecular flexibility index (Phi) is 9.70. The fourth-order valence-corrected chi connectivity index (χ4v) is 4.41. The van der Waals surface area contributed by atoms with Crippen LogP contribution in [-0.2, 0) is 17.0 Å². The van der Waals surface area contributed by atoms with E-state index in [9.17, 15) is 27.1 Å².